The van der Waals surface area contributed by atoms with E-state index in [1.807, 2.05) is 12.1 Å². The van der Waals surface area contributed by atoms with Gasteiger partial charge in [-0.15, -0.1) is 0 Å². The van der Waals surface area contributed by atoms with E-state index in [4.69, 9.17) is 4.42 Å². The molecule has 0 aliphatic heterocycles. The Morgan fingerprint density at radius 1 is 0.232 bits per heavy atom. The van der Waals surface area contributed by atoms with Crippen LogP contribution in [0.3, 0.4) is 0 Å². The maximum Gasteiger partial charge on any atom is 0.179 e. The average molecular weight is 896 g/mol. The molecule has 13 aromatic rings. The summed E-state index contributed by atoms with van der Waals surface area (Å²) in [4.78, 5) is 2.40. The highest BCUT2D eigenvalue weighted by Crippen LogP contribution is 2.42. The first-order valence-corrected chi connectivity index (χ1v) is 25.7. The van der Waals surface area contributed by atoms with Crippen molar-refractivity contribution >= 4 is 100 Å². The lowest BCUT2D eigenvalue weighted by Gasteiger charge is -2.34. The number of hydrogen-bond acceptors (Lipinski definition) is 2. The van der Waals surface area contributed by atoms with Gasteiger partial charge >= 0.3 is 0 Å². The molecule has 0 unspecified atom stereocenters. The molecule has 1 heterocycles. The van der Waals surface area contributed by atoms with E-state index in [-0.39, 0.29) is 0 Å². The molecule has 0 amide bonds. The maximum atomic E-state index is 6.17. The predicted molar refractivity (Wildman–Crippen MR) is 295 cm³/mol. The number of hydrogen-bond donors (Lipinski definition) is 0. The van der Waals surface area contributed by atoms with Crippen molar-refractivity contribution in [1.82, 2.24) is 0 Å². The van der Waals surface area contributed by atoms with E-state index in [0.717, 1.165) is 50.1 Å². The van der Waals surface area contributed by atoms with E-state index in [1.54, 1.807) is 0 Å². The van der Waals surface area contributed by atoms with E-state index < -0.39 is 8.07 Å². The summed E-state index contributed by atoms with van der Waals surface area (Å²) in [6, 6.07) is 100. The van der Waals surface area contributed by atoms with Crippen molar-refractivity contribution in [2.75, 3.05) is 4.90 Å². The van der Waals surface area contributed by atoms with Gasteiger partial charge in [0, 0.05) is 27.8 Å². The largest absolute Gasteiger partial charge is 0.456 e. The summed E-state index contributed by atoms with van der Waals surface area (Å²) in [5, 5.41) is 15.3. The second-order valence-corrected chi connectivity index (χ2v) is 21.8. The minimum absolute atomic E-state index is 0.903. The molecule has 3 heteroatoms. The molecule has 0 spiro atoms. The smallest absolute Gasteiger partial charge is 0.179 e. The number of para-hydroxylation sites is 1. The van der Waals surface area contributed by atoms with Crippen LogP contribution < -0.4 is 25.6 Å². The van der Waals surface area contributed by atoms with E-state index >= 15 is 0 Å². The van der Waals surface area contributed by atoms with E-state index in [1.165, 1.54) is 64.2 Å². The predicted octanol–water partition coefficient (Wildman–Crippen LogP) is 15.2. The highest BCUT2D eigenvalue weighted by molar-refractivity contribution is 7.19. The van der Waals surface area contributed by atoms with Crippen LogP contribution >= 0.6 is 0 Å². The number of furan rings is 1. The van der Waals surface area contributed by atoms with Crippen LogP contribution in [0.5, 0.6) is 0 Å². The summed E-state index contributed by atoms with van der Waals surface area (Å²) in [6.07, 6.45) is 0. The summed E-state index contributed by atoms with van der Waals surface area (Å²) in [7, 11) is -2.63. The molecule has 0 N–H and O–H groups in total. The van der Waals surface area contributed by atoms with Crippen LogP contribution in [-0.4, -0.2) is 8.07 Å². The van der Waals surface area contributed by atoms with Crippen LogP contribution in [0, 0.1) is 0 Å². The highest BCUT2D eigenvalue weighted by atomic mass is 28.3. The Morgan fingerprint density at radius 2 is 0.594 bits per heavy atom. The summed E-state index contributed by atoms with van der Waals surface area (Å²) in [5.74, 6) is 0. The van der Waals surface area contributed by atoms with E-state index in [9.17, 15) is 0 Å². The monoisotopic (exact) mass is 895 g/mol. The van der Waals surface area contributed by atoms with Gasteiger partial charge in [0.2, 0.25) is 0 Å². The molecule has 2 nitrogen and oxygen atoms in total. The third kappa shape index (κ3) is 6.86. The molecule has 0 atom stereocenters. The lowest BCUT2D eigenvalue weighted by molar-refractivity contribution is 0.669. The minimum atomic E-state index is -2.63. The zero-order chi connectivity index (χ0) is 45.7. The molecule has 0 saturated heterocycles. The molecule has 0 aliphatic carbocycles. The maximum absolute atomic E-state index is 6.17. The Morgan fingerprint density at radius 3 is 1.12 bits per heavy atom. The number of fused-ring (bicyclic) bond motifs is 9. The molecular weight excluding hydrogens is 851 g/mol. The minimum Gasteiger partial charge on any atom is -0.456 e. The summed E-state index contributed by atoms with van der Waals surface area (Å²) < 4.78 is 6.17. The number of nitrogens with zero attached hydrogens (tertiary/aromatic N) is 1. The third-order valence-corrected chi connectivity index (χ3v) is 19.0. The van der Waals surface area contributed by atoms with Crippen LogP contribution in [0.2, 0.25) is 0 Å². The Hall–Kier alpha value is -8.76. The van der Waals surface area contributed by atoms with Crippen LogP contribution in [0.25, 0.3) is 76.5 Å². The van der Waals surface area contributed by atoms with Gasteiger partial charge in [0.1, 0.15) is 11.2 Å². The Bertz CT molecular complexity index is 3850. The molecule has 324 valence electrons. The van der Waals surface area contributed by atoms with Gasteiger partial charge in [0.15, 0.2) is 8.07 Å². The van der Waals surface area contributed by atoms with Gasteiger partial charge in [-0.3, -0.25) is 0 Å². The van der Waals surface area contributed by atoms with Crippen LogP contribution in [0.15, 0.2) is 277 Å². The normalized spacial score (nSPS) is 11.8. The lowest BCUT2D eigenvalue weighted by Crippen LogP contribution is -2.74. The Balaban J connectivity index is 0.913. The van der Waals surface area contributed by atoms with Crippen LogP contribution in [-0.2, 0) is 0 Å². The molecule has 69 heavy (non-hydrogen) atoms. The van der Waals surface area contributed by atoms with Crippen LogP contribution in [0.1, 0.15) is 0 Å². The van der Waals surface area contributed by atoms with Crippen molar-refractivity contribution in [2.24, 2.45) is 0 Å². The standard InChI is InChI=1S/C66H45NOSi/c1-4-16-53(17-5-1)69(54-18-6-2-7-19-54,55-20-8-3-9-21-55)56-40-32-47(33-41-56)46-28-35-50(36-29-46)67(52-39-42-61-59-24-11-10-22-57(59)58-23-12-13-25-60(58)63(61)45-52)51-37-30-48(31-38-51)49-34-43-66-64(44-49)62-26-14-15-27-65(62)68-66/h1-45H. The number of anilines is 3. The average Bonchev–Trinajstić information content (AvgIpc) is 3.81. The highest BCUT2D eigenvalue weighted by Gasteiger charge is 2.41. The fourth-order valence-corrected chi connectivity index (χ4v) is 15.7. The molecule has 13 rings (SSSR count). The zero-order valence-corrected chi connectivity index (χ0v) is 38.8. The quantitative estimate of drug-likeness (QED) is 0.0815. The van der Waals surface area contributed by atoms with Crippen molar-refractivity contribution in [3.63, 3.8) is 0 Å². The van der Waals surface area contributed by atoms with Gasteiger partial charge in [-0.25, -0.2) is 0 Å². The second-order valence-electron chi connectivity index (χ2n) is 18.0. The van der Waals surface area contributed by atoms with Gasteiger partial charge in [0.25, 0.3) is 0 Å². The topological polar surface area (TPSA) is 16.4 Å². The van der Waals surface area contributed by atoms with Gasteiger partial charge in [0.05, 0.1) is 0 Å². The number of benzene rings is 12. The summed E-state index contributed by atoms with van der Waals surface area (Å²) in [6.45, 7) is 0. The lowest BCUT2D eigenvalue weighted by atomic mass is 9.94. The summed E-state index contributed by atoms with van der Waals surface area (Å²) in [5.41, 5.74) is 9.75. The first-order valence-electron chi connectivity index (χ1n) is 23.7. The van der Waals surface area contributed by atoms with Gasteiger partial charge in [-0.2, -0.15) is 0 Å². The molecule has 0 radical (unpaired) electrons. The van der Waals surface area contributed by atoms with Gasteiger partial charge < -0.3 is 9.32 Å². The SMILES string of the molecule is c1ccc([Si](c2ccccc2)(c2ccccc2)c2ccc(-c3ccc(N(c4ccc(-c5ccc6oc7ccccc7c6c5)cc4)c4ccc5c6ccccc6c6ccccc6c5c4)cc3)cc2)cc1. The van der Waals surface area contributed by atoms with Gasteiger partial charge in [-0.1, -0.05) is 218 Å². The van der Waals surface area contributed by atoms with Crippen LogP contribution in [0.4, 0.5) is 17.1 Å². The van der Waals surface area contributed by atoms with Crippen molar-refractivity contribution in [3.8, 4) is 22.3 Å². The number of rotatable bonds is 9. The fourth-order valence-electron chi connectivity index (χ4n) is 11.0. The molecule has 0 aliphatic rings. The van der Waals surface area contributed by atoms with E-state index in [2.05, 4.69) is 266 Å². The Kier molecular flexibility index (Phi) is 9.88. The molecular formula is C66H45NOSi. The molecule has 0 saturated carbocycles. The Labute approximate surface area is 402 Å². The van der Waals surface area contributed by atoms with Gasteiger partial charge in [-0.05, 0) is 130 Å². The van der Waals surface area contributed by atoms with E-state index in [0.29, 0.717) is 0 Å². The molecule has 0 fully saturated rings. The molecule has 12 aromatic carbocycles. The second kappa shape index (κ2) is 16.8. The molecule has 1 aromatic heterocycles. The first-order chi connectivity index (χ1) is 34.2. The van der Waals surface area contributed by atoms with Crippen molar-refractivity contribution in [1.29, 1.82) is 0 Å². The summed E-state index contributed by atoms with van der Waals surface area (Å²) >= 11 is 0. The zero-order valence-electron chi connectivity index (χ0n) is 37.8. The van der Waals surface area contributed by atoms with Crippen molar-refractivity contribution < 1.29 is 4.42 Å². The van der Waals surface area contributed by atoms with Crippen molar-refractivity contribution in [3.05, 3.63) is 273 Å². The molecule has 0 bridgehead atoms. The third-order valence-electron chi connectivity index (χ3n) is 14.2. The first kappa shape index (κ1) is 40.5. The van der Waals surface area contributed by atoms with Crippen molar-refractivity contribution in [2.45, 2.75) is 0 Å². The fraction of sp³-hybridized carbons (Fsp3) is 0.